The summed E-state index contributed by atoms with van der Waals surface area (Å²) in [6, 6.07) is 5.40. The van der Waals surface area contributed by atoms with E-state index in [1.54, 1.807) is 19.1 Å². The third kappa shape index (κ3) is 2.87. The van der Waals surface area contributed by atoms with E-state index in [1.807, 2.05) is 13.0 Å². The molecule has 0 bridgehead atoms. The first-order valence-corrected chi connectivity index (χ1v) is 4.65. The molecule has 2 N–H and O–H groups in total. The molecule has 1 unspecified atom stereocenters. The molecule has 0 aliphatic rings. The highest BCUT2D eigenvalue weighted by Crippen LogP contribution is 2.23. The standard InChI is InChI=1S/C11H15NO3/c1-7-4-5-10(9(12)6-7)15-8(2)11(13)14-3/h4-6,8H,12H2,1-3H3. The van der Waals surface area contributed by atoms with E-state index in [4.69, 9.17) is 10.5 Å². The number of carbonyl (C=O) groups is 1. The summed E-state index contributed by atoms with van der Waals surface area (Å²) in [5, 5.41) is 0. The molecular weight excluding hydrogens is 194 g/mol. The summed E-state index contributed by atoms with van der Waals surface area (Å²) in [5.41, 5.74) is 7.30. The first-order chi connectivity index (χ1) is 7.04. The summed E-state index contributed by atoms with van der Waals surface area (Å²) >= 11 is 0. The Kier molecular flexibility index (Phi) is 3.55. The third-order valence-electron chi connectivity index (χ3n) is 2.00. The average Bonchev–Trinajstić information content (AvgIpc) is 2.20. The number of ether oxygens (including phenoxy) is 2. The molecule has 1 atom stereocenters. The van der Waals surface area contributed by atoms with Crippen LogP contribution >= 0.6 is 0 Å². The van der Waals surface area contributed by atoms with Gasteiger partial charge in [-0.05, 0) is 31.5 Å². The van der Waals surface area contributed by atoms with Gasteiger partial charge in [-0.3, -0.25) is 0 Å². The zero-order valence-corrected chi connectivity index (χ0v) is 9.11. The van der Waals surface area contributed by atoms with E-state index in [2.05, 4.69) is 4.74 Å². The van der Waals surface area contributed by atoms with E-state index in [0.717, 1.165) is 5.56 Å². The molecule has 4 nitrogen and oxygen atoms in total. The van der Waals surface area contributed by atoms with Crippen LogP contribution in [0.3, 0.4) is 0 Å². The molecule has 1 aromatic carbocycles. The highest BCUT2D eigenvalue weighted by molar-refractivity contribution is 5.74. The Morgan fingerprint density at radius 3 is 2.67 bits per heavy atom. The second-order valence-electron chi connectivity index (χ2n) is 3.32. The zero-order chi connectivity index (χ0) is 11.4. The zero-order valence-electron chi connectivity index (χ0n) is 9.11. The van der Waals surface area contributed by atoms with Crippen molar-refractivity contribution in [3.63, 3.8) is 0 Å². The fourth-order valence-corrected chi connectivity index (χ4v) is 1.18. The van der Waals surface area contributed by atoms with Crippen molar-refractivity contribution < 1.29 is 14.3 Å². The molecule has 0 saturated carbocycles. The van der Waals surface area contributed by atoms with Gasteiger partial charge in [-0.15, -0.1) is 0 Å². The highest BCUT2D eigenvalue weighted by Gasteiger charge is 2.15. The molecule has 0 amide bonds. The van der Waals surface area contributed by atoms with Gasteiger partial charge >= 0.3 is 5.97 Å². The lowest BCUT2D eigenvalue weighted by Crippen LogP contribution is -2.25. The Bertz CT molecular complexity index is 363. The molecule has 1 aromatic rings. The number of aryl methyl sites for hydroxylation is 1. The number of hydrogen-bond acceptors (Lipinski definition) is 4. The lowest BCUT2D eigenvalue weighted by atomic mass is 10.2. The minimum atomic E-state index is -0.653. The van der Waals surface area contributed by atoms with Crippen LogP contribution in [0, 0.1) is 6.92 Å². The number of nitrogens with two attached hydrogens (primary N) is 1. The van der Waals surface area contributed by atoms with Crippen molar-refractivity contribution in [2.45, 2.75) is 20.0 Å². The second kappa shape index (κ2) is 4.68. The van der Waals surface area contributed by atoms with Gasteiger partial charge < -0.3 is 15.2 Å². The van der Waals surface area contributed by atoms with Gasteiger partial charge in [0.25, 0.3) is 0 Å². The Morgan fingerprint density at radius 2 is 2.13 bits per heavy atom. The summed E-state index contributed by atoms with van der Waals surface area (Å²) in [5.74, 6) is 0.0773. The second-order valence-corrected chi connectivity index (χ2v) is 3.32. The SMILES string of the molecule is COC(=O)C(C)Oc1ccc(C)cc1N. The van der Waals surface area contributed by atoms with E-state index in [1.165, 1.54) is 7.11 Å². The molecule has 0 saturated heterocycles. The highest BCUT2D eigenvalue weighted by atomic mass is 16.6. The fourth-order valence-electron chi connectivity index (χ4n) is 1.18. The van der Waals surface area contributed by atoms with Gasteiger partial charge in [-0.1, -0.05) is 6.07 Å². The number of hydrogen-bond donors (Lipinski definition) is 1. The summed E-state index contributed by atoms with van der Waals surface area (Å²) in [7, 11) is 1.32. The minimum absolute atomic E-state index is 0.421. The maximum Gasteiger partial charge on any atom is 0.346 e. The van der Waals surface area contributed by atoms with Crippen LogP contribution < -0.4 is 10.5 Å². The van der Waals surface area contributed by atoms with Crippen LogP contribution in [0.5, 0.6) is 5.75 Å². The summed E-state index contributed by atoms with van der Waals surface area (Å²) in [6.07, 6.45) is -0.653. The normalized spacial score (nSPS) is 11.9. The molecule has 15 heavy (non-hydrogen) atoms. The lowest BCUT2D eigenvalue weighted by molar-refractivity contribution is -0.147. The molecule has 0 heterocycles. The Balaban J connectivity index is 2.76. The van der Waals surface area contributed by atoms with Crippen LogP contribution in [0.25, 0.3) is 0 Å². The monoisotopic (exact) mass is 209 g/mol. The van der Waals surface area contributed by atoms with Gasteiger partial charge in [-0.25, -0.2) is 4.79 Å². The molecule has 0 spiro atoms. The third-order valence-corrected chi connectivity index (χ3v) is 2.00. The summed E-state index contributed by atoms with van der Waals surface area (Å²) in [6.45, 7) is 3.55. The van der Waals surface area contributed by atoms with Crippen molar-refractivity contribution in [2.75, 3.05) is 12.8 Å². The quantitative estimate of drug-likeness (QED) is 0.605. The number of carbonyl (C=O) groups excluding carboxylic acids is 1. The number of nitrogen functional groups attached to an aromatic ring is 1. The van der Waals surface area contributed by atoms with Gasteiger partial charge in [0.2, 0.25) is 0 Å². The minimum Gasteiger partial charge on any atom is -0.477 e. The fraction of sp³-hybridized carbons (Fsp3) is 0.364. The molecular formula is C11H15NO3. The van der Waals surface area contributed by atoms with E-state index in [9.17, 15) is 4.79 Å². The Morgan fingerprint density at radius 1 is 1.47 bits per heavy atom. The molecule has 82 valence electrons. The van der Waals surface area contributed by atoms with Gasteiger partial charge in [0.1, 0.15) is 5.75 Å². The average molecular weight is 209 g/mol. The van der Waals surface area contributed by atoms with Crippen LogP contribution in [0.15, 0.2) is 18.2 Å². The van der Waals surface area contributed by atoms with Crippen molar-refractivity contribution >= 4 is 11.7 Å². The van der Waals surface area contributed by atoms with Crippen LogP contribution in [-0.4, -0.2) is 19.2 Å². The van der Waals surface area contributed by atoms with Crippen molar-refractivity contribution in [1.82, 2.24) is 0 Å². The molecule has 0 aliphatic heterocycles. The smallest absolute Gasteiger partial charge is 0.346 e. The van der Waals surface area contributed by atoms with Gasteiger partial charge in [0.05, 0.1) is 12.8 Å². The molecule has 0 fully saturated rings. The lowest BCUT2D eigenvalue weighted by Gasteiger charge is -2.14. The first-order valence-electron chi connectivity index (χ1n) is 4.65. The van der Waals surface area contributed by atoms with Gasteiger partial charge in [0, 0.05) is 0 Å². The van der Waals surface area contributed by atoms with E-state index in [0.29, 0.717) is 11.4 Å². The largest absolute Gasteiger partial charge is 0.477 e. The van der Waals surface area contributed by atoms with Crippen LogP contribution in [0.4, 0.5) is 5.69 Å². The van der Waals surface area contributed by atoms with Gasteiger partial charge in [-0.2, -0.15) is 0 Å². The van der Waals surface area contributed by atoms with E-state index < -0.39 is 12.1 Å². The van der Waals surface area contributed by atoms with Crippen LogP contribution in [0.1, 0.15) is 12.5 Å². The topological polar surface area (TPSA) is 61.5 Å². The first kappa shape index (κ1) is 11.4. The molecule has 1 rings (SSSR count). The van der Waals surface area contributed by atoms with Crippen LogP contribution in [-0.2, 0) is 9.53 Å². The number of anilines is 1. The van der Waals surface area contributed by atoms with Crippen LogP contribution in [0.2, 0.25) is 0 Å². The van der Waals surface area contributed by atoms with Crippen molar-refractivity contribution in [1.29, 1.82) is 0 Å². The van der Waals surface area contributed by atoms with Crippen molar-refractivity contribution in [2.24, 2.45) is 0 Å². The predicted molar refractivity (Wildman–Crippen MR) is 57.7 cm³/mol. The maximum atomic E-state index is 11.1. The number of benzene rings is 1. The van der Waals surface area contributed by atoms with Gasteiger partial charge in [0.15, 0.2) is 6.10 Å². The van der Waals surface area contributed by atoms with Crippen molar-refractivity contribution in [3.05, 3.63) is 23.8 Å². The predicted octanol–water partition coefficient (Wildman–Crippen LogP) is 1.52. The Labute approximate surface area is 89.0 Å². The Hall–Kier alpha value is -1.71. The van der Waals surface area contributed by atoms with Crippen molar-refractivity contribution in [3.8, 4) is 5.75 Å². The maximum absolute atomic E-state index is 11.1. The number of esters is 1. The molecule has 0 aliphatic carbocycles. The molecule has 4 heteroatoms. The summed E-state index contributed by atoms with van der Waals surface area (Å²) in [4.78, 5) is 11.1. The van der Waals surface area contributed by atoms with E-state index in [-0.39, 0.29) is 0 Å². The molecule has 0 aromatic heterocycles. The molecule has 0 radical (unpaired) electrons. The number of rotatable bonds is 3. The van der Waals surface area contributed by atoms with E-state index >= 15 is 0 Å². The number of methoxy groups -OCH3 is 1. The summed E-state index contributed by atoms with van der Waals surface area (Å²) < 4.78 is 9.90.